The van der Waals surface area contributed by atoms with Gasteiger partial charge in [-0.2, -0.15) is 15.1 Å². The van der Waals surface area contributed by atoms with Crippen LogP contribution in [0.15, 0.2) is 36.7 Å². The van der Waals surface area contributed by atoms with Gasteiger partial charge in [0, 0.05) is 12.5 Å². The average Bonchev–Trinajstić information content (AvgIpc) is 3.49. The van der Waals surface area contributed by atoms with E-state index >= 15 is 4.39 Å². The van der Waals surface area contributed by atoms with Crippen molar-refractivity contribution in [3.8, 4) is 5.75 Å². The number of hydrogen-bond donors (Lipinski definition) is 3. The molecule has 216 valence electrons. The van der Waals surface area contributed by atoms with Crippen molar-refractivity contribution in [3.05, 3.63) is 36.7 Å². The molecule has 0 bridgehead atoms. The maximum atomic E-state index is 15.3. The van der Waals surface area contributed by atoms with Gasteiger partial charge in [0.2, 0.25) is 5.95 Å². The molecule has 3 heterocycles. The number of anilines is 2. The number of halogens is 1. The number of nitrogen functional groups attached to an aromatic ring is 1. The summed E-state index contributed by atoms with van der Waals surface area (Å²) in [5, 5.41) is 5.88. The third-order valence-corrected chi connectivity index (χ3v) is 7.86. The summed E-state index contributed by atoms with van der Waals surface area (Å²) in [5.74, 6) is 0.155. The van der Waals surface area contributed by atoms with Crippen LogP contribution < -0.4 is 20.7 Å². The number of carbonyl (C=O) groups excluding carboxylic acids is 1. The summed E-state index contributed by atoms with van der Waals surface area (Å²) in [4.78, 5) is 25.2. The van der Waals surface area contributed by atoms with Crippen molar-refractivity contribution in [2.24, 2.45) is 0 Å². The molecule has 1 aliphatic heterocycles. The van der Waals surface area contributed by atoms with E-state index in [1.165, 1.54) is 17.8 Å². The molecule has 0 amide bonds. The monoisotopic (exact) mass is 577 g/mol. The number of hydrogen-bond acceptors (Lipinski definition) is 11. The van der Waals surface area contributed by atoms with Crippen molar-refractivity contribution < 1.29 is 32.3 Å². The van der Waals surface area contributed by atoms with Gasteiger partial charge in [-0.25, -0.2) is 13.9 Å². The minimum atomic E-state index is -4.12. The van der Waals surface area contributed by atoms with Gasteiger partial charge in [-0.15, -0.1) is 0 Å². The zero-order valence-electron chi connectivity index (χ0n) is 22.4. The fraction of sp³-hybridized carbons (Fsp3) is 0.520. The summed E-state index contributed by atoms with van der Waals surface area (Å²) in [5.41, 5.74) is 6.71. The number of fused-ring (bicyclic) bond motifs is 1. The van der Waals surface area contributed by atoms with Crippen LogP contribution in [0.5, 0.6) is 5.75 Å². The Balaban J connectivity index is 1.29. The van der Waals surface area contributed by atoms with Crippen molar-refractivity contribution >= 4 is 36.6 Å². The van der Waals surface area contributed by atoms with Crippen LogP contribution in [0.25, 0.3) is 11.2 Å². The fourth-order valence-electron chi connectivity index (χ4n) is 4.21. The lowest BCUT2D eigenvalue weighted by Gasteiger charge is -2.24. The molecule has 13 nitrogen and oxygen atoms in total. The van der Waals surface area contributed by atoms with Gasteiger partial charge in [-0.05, 0) is 45.7 Å². The second-order valence-electron chi connectivity index (χ2n) is 10.1. The molecule has 2 fully saturated rings. The van der Waals surface area contributed by atoms with E-state index in [-0.39, 0.29) is 30.8 Å². The van der Waals surface area contributed by atoms with Crippen LogP contribution in [0.1, 0.15) is 46.3 Å². The van der Waals surface area contributed by atoms with Gasteiger partial charge in [0.25, 0.3) is 0 Å². The zero-order valence-corrected chi connectivity index (χ0v) is 23.3. The Morgan fingerprint density at radius 3 is 2.70 bits per heavy atom. The molecule has 0 spiro atoms. The number of ether oxygens (including phenoxy) is 2. The molecule has 1 saturated carbocycles. The molecule has 4 N–H and O–H groups in total. The molecular formula is C25H33FN7O6P. The van der Waals surface area contributed by atoms with Crippen LogP contribution in [-0.4, -0.2) is 62.6 Å². The van der Waals surface area contributed by atoms with Crippen molar-refractivity contribution in [1.82, 2.24) is 24.6 Å². The molecule has 3 aromatic rings. The Morgan fingerprint density at radius 1 is 1.25 bits per heavy atom. The van der Waals surface area contributed by atoms with Crippen molar-refractivity contribution in [1.29, 1.82) is 0 Å². The number of nitrogens with zero attached hydrogens (tertiary/aromatic N) is 4. The number of benzene rings is 1. The highest BCUT2D eigenvalue weighted by Crippen LogP contribution is 2.46. The highest BCUT2D eigenvalue weighted by atomic mass is 31.2. The number of para-hydroxylation sites is 1. The smallest absolute Gasteiger partial charge is 0.459 e. The van der Waals surface area contributed by atoms with Crippen molar-refractivity contribution in [3.63, 3.8) is 0 Å². The molecule has 1 aliphatic carbocycles. The predicted octanol–water partition coefficient (Wildman–Crippen LogP) is 3.74. The molecule has 0 radical (unpaired) electrons. The average molecular weight is 578 g/mol. The fourth-order valence-corrected chi connectivity index (χ4v) is 5.73. The molecule has 15 heteroatoms. The molecular weight excluding hydrogens is 544 g/mol. The van der Waals surface area contributed by atoms with E-state index in [1.54, 1.807) is 44.2 Å². The quantitative estimate of drug-likeness (QED) is 0.211. The Bertz CT molecular complexity index is 1390. The summed E-state index contributed by atoms with van der Waals surface area (Å²) >= 11 is 0. The lowest BCUT2D eigenvalue weighted by Crippen LogP contribution is -2.36. The topological polar surface area (TPSA) is 165 Å². The Morgan fingerprint density at radius 2 is 2.00 bits per heavy atom. The zero-order chi connectivity index (χ0) is 28.4. The van der Waals surface area contributed by atoms with Crippen LogP contribution >= 0.6 is 7.75 Å². The largest absolute Gasteiger partial charge is 0.462 e. The maximum absolute atomic E-state index is 15.3. The lowest BCUT2D eigenvalue weighted by molar-refractivity contribution is -0.149. The molecule has 5 atom stereocenters. The van der Waals surface area contributed by atoms with Gasteiger partial charge in [0.05, 0.1) is 25.1 Å². The van der Waals surface area contributed by atoms with Crippen LogP contribution in [-0.2, 0) is 23.4 Å². The van der Waals surface area contributed by atoms with Crippen molar-refractivity contribution in [2.45, 2.75) is 76.7 Å². The number of alkyl halides is 1. The SMILES string of the molecule is CC(C)OC(=O)[C@@H](C)N[P@](=O)(OC[C@@H]1C[C@H](F)[C@H](n2cnc3c(NC4CC4)nc(N)nc32)O1)Oc1ccccc1. The second kappa shape index (κ2) is 11.7. The number of imidazole rings is 1. The minimum absolute atomic E-state index is 0.0286. The van der Waals surface area contributed by atoms with Gasteiger partial charge in [-0.3, -0.25) is 13.9 Å². The van der Waals surface area contributed by atoms with Crippen LogP contribution in [0.2, 0.25) is 0 Å². The summed E-state index contributed by atoms with van der Waals surface area (Å²) in [7, 11) is -4.12. The number of nitrogens with one attached hydrogen (secondary N) is 2. The van der Waals surface area contributed by atoms with E-state index in [2.05, 4.69) is 25.4 Å². The number of nitrogens with two attached hydrogens (primary N) is 1. The summed E-state index contributed by atoms with van der Waals surface area (Å²) in [6, 6.07) is 7.66. The first-order valence-corrected chi connectivity index (χ1v) is 14.7. The van der Waals surface area contributed by atoms with E-state index in [0.717, 1.165) is 12.8 Å². The van der Waals surface area contributed by atoms with Gasteiger partial charge >= 0.3 is 13.7 Å². The second-order valence-corrected chi connectivity index (χ2v) is 11.8. The summed E-state index contributed by atoms with van der Waals surface area (Å²) < 4.78 is 52.9. The number of aromatic nitrogens is 4. The molecule has 1 aromatic carbocycles. The molecule has 2 aromatic heterocycles. The van der Waals surface area contributed by atoms with Crippen LogP contribution in [0.4, 0.5) is 16.2 Å². The predicted molar refractivity (Wildman–Crippen MR) is 144 cm³/mol. The third kappa shape index (κ3) is 6.69. The first-order valence-electron chi connectivity index (χ1n) is 13.1. The maximum Gasteiger partial charge on any atom is 0.459 e. The number of carbonyl (C=O) groups is 1. The Labute approximate surface area is 230 Å². The standard InChI is InChI=1S/C25H33FN7O6P/c1-14(2)37-24(34)15(3)32-40(35,39-17-7-5-4-6-8-17)36-12-18-11-19(26)23(38-18)33-13-28-20-21(29-16-9-10-16)30-25(27)31-22(20)33/h4-8,13-16,18-19,23H,9-12H2,1-3H3,(H,32,35)(H3,27,29,30,31)/t15-,18+,19+,23-,40+/m1/s1. The highest BCUT2D eigenvalue weighted by molar-refractivity contribution is 7.52. The first-order chi connectivity index (χ1) is 19.1. The number of rotatable bonds is 12. The molecule has 0 unspecified atom stereocenters. The summed E-state index contributed by atoms with van der Waals surface area (Å²) in [6.07, 6.45) is -0.217. The van der Waals surface area contributed by atoms with E-state index < -0.39 is 38.3 Å². The van der Waals surface area contributed by atoms with E-state index in [0.29, 0.717) is 23.0 Å². The van der Waals surface area contributed by atoms with Gasteiger partial charge < -0.3 is 25.0 Å². The Hall–Kier alpha value is -3.32. The lowest BCUT2D eigenvalue weighted by atomic mass is 10.2. The molecule has 40 heavy (non-hydrogen) atoms. The Kier molecular flexibility index (Phi) is 8.22. The molecule has 5 rings (SSSR count). The minimum Gasteiger partial charge on any atom is -0.462 e. The van der Waals surface area contributed by atoms with Crippen LogP contribution in [0, 0.1) is 0 Å². The van der Waals surface area contributed by atoms with E-state index in [4.69, 9.17) is 24.3 Å². The van der Waals surface area contributed by atoms with E-state index in [9.17, 15) is 9.36 Å². The van der Waals surface area contributed by atoms with Crippen molar-refractivity contribution in [2.75, 3.05) is 17.7 Å². The van der Waals surface area contributed by atoms with Gasteiger partial charge in [0.15, 0.2) is 23.2 Å². The van der Waals surface area contributed by atoms with Gasteiger partial charge in [0.1, 0.15) is 18.0 Å². The summed E-state index contributed by atoms with van der Waals surface area (Å²) in [6.45, 7) is 4.62. The van der Waals surface area contributed by atoms with Crippen LogP contribution in [0.3, 0.4) is 0 Å². The molecule has 1 saturated heterocycles. The van der Waals surface area contributed by atoms with Gasteiger partial charge in [-0.1, -0.05) is 18.2 Å². The molecule has 2 aliphatic rings. The first kappa shape index (κ1) is 28.2. The number of esters is 1. The highest BCUT2D eigenvalue weighted by Gasteiger charge is 2.41. The third-order valence-electron chi connectivity index (χ3n) is 6.22. The van der Waals surface area contributed by atoms with E-state index in [1.807, 2.05) is 0 Å². The normalized spacial score (nSPS) is 23.2.